The molecule has 5 rings (SSSR count). The number of carbonyl (C=O) groups is 3. The van der Waals surface area contributed by atoms with Gasteiger partial charge in [0.15, 0.2) is 0 Å². The fraction of sp³-hybridized carbons (Fsp3) is 0.276. The number of halogens is 2. The number of carbonyl (C=O) groups excluding carboxylic acids is 2. The summed E-state index contributed by atoms with van der Waals surface area (Å²) in [4.78, 5) is 43.8. The molecule has 0 bridgehead atoms. The SMILES string of the molecule is O=C(N1CCC(CC(=O)N(c2ccc(F)cc2)c2ccccc2F)(C(=O)O)CC1)N1CCc2ccccc21. The second-order valence-electron chi connectivity index (χ2n) is 9.72. The first-order valence-corrected chi connectivity index (χ1v) is 12.5. The highest BCUT2D eigenvalue weighted by Gasteiger charge is 2.46. The molecule has 196 valence electrons. The summed E-state index contributed by atoms with van der Waals surface area (Å²) in [6.07, 6.45) is 0.509. The standard InChI is InChI=1S/C29H27F2N3O4/c30-21-9-11-22(12-10-21)34(25-8-4-2-6-23(25)31)26(35)19-29(27(36)37)14-17-32(18-15-29)28(38)33-16-13-20-5-1-3-7-24(20)33/h1-12H,13-19H2,(H,36,37). The van der Waals surface area contributed by atoms with Gasteiger partial charge in [-0.15, -0.1) is 0 Å². The predicted octanol–water partition coefficient (Wildman–Crippen LogP) is 5.37. The van der Waals surface area contributed by atoms with Crippen LogP contribution in [0.25, 0.3) is 0 Å². The van der Waals surface area contributed by atoms with Gasteiger partial charge in [0.25, 0.3) is 0 Å². The first-order chi connectivity index (χ1) is 18.3. The van der Waals surface area contributed by atoms with Gasteiger partial charge in [0.2, 0.25) is 5.91 Å². The fourth-order valence-electron chi connectivity index (χ4n) is 5.31. The maximum absolute atomic E-state index is 14.8. The molecule has 0 aromatic heterocycles. The molecule has 3 aromatic rings. The molecular weight excluding hydrogens is 492 g/mol. The van der Waals surface area contributed by atoms with Crippen molar-refractivity contribution in [3.8, 4) is 0 Å². The monoisotopic (exact) mass is 519 g/mol. The van der Waals surface area contributed by atoms with Gasteiger partial charge in [-0.2, -0.15) is 0 Å². The predicted molar refractivity (Wildman–Crippen MR) is 138 cm³/mol. The van der Waals surface area contributed by atoms with Crippen LogP contribution in [-0.2, 0) is 16.0 Å². The first-order valence-electron chi connectivity index (χ1n) is 12.5. The highest BCUT2D eigenvalue weighted by molar-refractivity contribution is 6.02. The van der Waals surface area contributed by atoms with E-state index in [-0.39, 0.29) is 43.3 Å². The minimum absolute atomic E-state index is 0.0510. The molecular formula is C29H27F2N3O4. The second-order valence-corrected chi connectivity index (χ2v) is 9.72. The Bertz CT molecular complexity index is 1370. The van der Waals surface area contributed by atoms with Crippen molar-refractivity contribution in [2.24, 2.45) is 5.41 Å². The number of benzene rings is 3. The van der Waals surface area contributed by atoms with Gasteiger partial charge in [0.05, 0.1) is 11.1 Å². The molecule has 2 heterocycles. The van der Waals surface area contributed by atoms with Gasteiger partial charge in [-0.1, -0.05) is 30.3 Å². The van der Waals surface area contributed by atoms with E-state index in [9.17, 15) is 28.3 Å². The molecule has 0 atom stereocenters. The van der Waals surface area contributed by atoms with Crippen molar-refractivity contribution in [2.45, 2.75) is 25.7 Å². The Balaban J connectivity index is 1.36. The smallest absolute Gasteiger partial charge is 0.324 e. The van der Waals surface area contributed by atoms with E-state index in [0.29, 0.717) is 6.54 Å². The molecule has 0 aliphatic carbocycles. The largest absolute Gasteiger partial charge is 0.481 e. The van der Waals surface area contributed by atoms with E-state index in [4.69, 9.17) is 0 Å². The van der Waals surface area contributed by atoms with E-state index in [2.05, 4.69) is 0 Å². The number of aliphatic carboxylic acids is 1. The minimum atomic E-state index is -1.43. The highest BCUT2D eigenvalue weighted by Crippen LogP contribution is 2.39. The summed E-state index contributed by atoms with van der Waals surface area (Å²) in [5.74, 6) is -2.95. The molecule has 38 heavy (non-hydrogen) atoms. The van der Waals surface area contributed by atoms with Crippen LogP contribution in [0, 0.1) is 17.0 Å². The van der Waals surface area contributed by atoms with Crippen LogP contribution in [0.1, 0.15) is 24.8 Å². The van der Waals surface area contributed by atoms with Crippen molar-refractivity contribution in [2.75, 3.05) is 29.4 Å². The lowest BCUT2D eigenvalue weighted by atomic mass is 9.75. The first kappa shape index (κ1) is 25.4. The van der Waals surface area contributed by atoms with Crippen molar-refractivity contribution >= 4 is 35.0 Å². The Hall–Kier alpha value is -4.27. The Morgan fingerprint density at radius 3 is 2.21 bits per heavy atom. The molecule has 9 heteroatoms. The number of amides is 3. The summed E-state index contributed by atoms with van der Waals surface area (Å²) in [7, 11) is 0. The Morgan fingerprint density at radius 2 is 1.53 bits per heavy atom. The van der Waals surface area contributed by atoms with E-state index in [1.807, 2.05) is 24.3 Å². The molecule has 0 radical (unpaired) electrons. The Morgan fingerprint density at radius 1 is 0.868 bits per heavy atom. The molecule has 0 unspecified atom stereocenters. The third-order valence-corrected chi connectivity index (χ3v) is 7.48. The maximum Gasteiger partial charge on any atom is 0.324 e. The van der Waals surface area contributed by atoms with E-state index >= 15 is 0 Å². The molecule has 0 spiro atoms. The van der Waals surface area contributed by atoms with Crippen LogP contribution in [-0.4, -0.2) is 47.5 Å². The molecule has 1 fully saturated rings. The maximum atomic E-state index is 14.8. The lowest BCUT2D eigenvalue weighted by molar-refractivity contribution is -0.154. The number of carboxylic acid groups (broad SMARTS) is 1. The Labute approximate surface area is 218 Å². The molecule has 0 saturated carbocycles. The lowest BCUT2D eigenvalue weighted by Gasteiger charge is -2.40. The third kappa shape index (κ3) is 4.71. The average Bonchev–Trinajstić information content (AvgIpc) is 3.35. The summed E-state index contributed by atoms with van der Waals surface area (Å²) in [5, 5.41) is 10.2. The number of fused-ring (bicyclic) bond motifs is 1. The number of likely N-dealkylation sites (tertiary alicyclic amines) is 1. The number of hydrogen-bond acceptors (Lipinski definition) is 3. The van der Waals surface area contributed by atoms with Crippen LogP contribution in [0.3, 0.4) is 0 Å². The normalized spacial score (nSPS) is 16.2. The Kier molecular flexibility index (Phi) is 6.84. The van der Waals surface area contributed by atoms with Crippen molar-refractivity contribution in [3.63, 3.8) is 0 Å². The number of rotatable bonds is 5. The third-order valence-electron chi connectivity index (χ3n) is 7.48. The van der Waals surface area contributed by atoms with Crippen LogP contribution in [0.15, 0.2) is 72.8 Å². The molecule has 2 aliphatic rings. The highest BCUT2D eigenvalue weighted by atomic mass is 19.1. The molecule has 3 amide bonds. The second kappa shape index (κ2) is 10.2. The number of nitrogens with zero attached hydrogens (tertiary/aromatic N) is 3. The number of carboxylic acids is 1. The summed E-state index contributed by atoms with van der Waals surface area (Å²) in [6.45, 7) is 0.910. The van der Waals surface area contributed by atoms with Crippen LogP contribution < -0.4 is 9.80 Å². The van der Waals surface area contributed by atoms with Crippen molar-refractivity contribution in [3.05, 3.63) is 90.0 Å². The summed E-state index contributed by atoms with van der Waals surface area (Å²) in [6, 6.07) is 18.2. The summed E-state index contributed by atoms with van der Waals surface area (Å²) >= 11 is 0. The van der Waals surface area contributed by atoms with Crippen molar-refractivity contribution < 1.29 is 28.3 Å². The topological polar surface area (TPSA) is 81.2 Å². The van der Waals surface area contributed by atoms with Crippen LogP contribution in [0.2, 0.25) is 0 Å². The number of urea groups is 1. The van der Waals surface area contributed by atoms with Gasteiger partial charge in [-0.25, -0.2) is 13.6 Å². The average molecular weight is 520 g/mol. The number of hydrogen-bond donors (Lipinski definition) is 1. The van der Waals surface area contributed by atoms with Gasteiger partial charge < -0.3 is 10.0 Å². The van der Waals surface area contributed by atoms with Gasteiger partial charge >= 0.3 is 12.0 Å². The summed E-state index contributed by atoms with van der Waals surface area (Å²) in [5.41, 5.74) is 0.701. The van der Waals surface area contributed by atoms with Crippen LogP contribution in [0.4, 0.5) is 30.6 Å². The van der Waals surface area contributed by atoms with Crippen molar-refractivity contribution in [1.29, 1.82) is 0 Å². The molecule has 1 saturated heterocycles. The summed E-state index contributed by atoms with van der Waals surface area (Å²) < 4.78 is 28.3. The van der Waals surface area contributed by atoms with E-state index in [1.54, 1.807) is 15.9 Å². The fourth-order valence-corrected chi connectivity index (χ4v) is 5.31. The number of piperidine rings is 1. The van der Waals surface area contributed by atoms with E-state index < -0.39 is 35.3 Å². The lowest BCUT2D eigenvalue weighted by Crippen LogP contribution is -2.51. The van der Waals surface area contributed by atoms with E-state index in [0.717, 1.165) is 34.7 Å². The van der Waals surface area contributed by atoms with Crippen LogP contribution in [0.5, 0.6) is 0 Å². The zero-order valence-electron chi connectivity index (χ0n) is 20.6. The molecule has 7 nitrogen and oxygen atoms in total. The van der Waals surface area contributed by atoms with Gasteiger partial charge in [-0.3, -0.25) is 19.4 Å². The zero-order chi connectivity index (χ0) is 26.9. The van der Waals surface area contributed by atoms with Gasteiger partial charge in [0.1, 0.15) is 11.6 Å². The zero-order valence-corrected chi connectivity index (χ0v) is 20.6. The molecule has 3 aromatic carbocycles. The van der Waals surface area contributed by atoms with Crippen LogP contribution >= 0.6 is 0 Å². The minimum Gasteiger partial charge on any atom is -0.481 e. The number of anilines is 3. The molecule has 2 aliphatic heterocycles. The van der Waals surface area contributed by atoms with E-state index in [1.165, 1.54) is 30.3 Å². The number of para-hydroxylation sites is 2. The molecule has 1 N–H and O–H groups in total. The quantitative estimate of drug-likeness (QED) is 0.492. The van der Waals surface area contributed by atoms with Crippen molar-refractivity contribution in [1.82, 2.24) is 4.90 Å². The van der Waals surface area contributed by atoms with Gasteiger partial charge in [0, 0.05) is 37.4 Å². The van der Waals surface area contributed by atoms with Gasteiger partial charge in [-0.05, 0) is 67.3 Å².